The molecule has 0 radical (unpaired) electrons. The Balaban J connectivity index is 1.93. The highest BCUT2D eigenvalue weighted by molar-refractivity contribution is 7.89. The lowest BCUT2D eigenvalue weighted by Gasteiger charge is -2.15. The summed E-state index contributed by atoms with van der Waals surface area (Å²) in [5, 5.41) is 2.81. The van der Waals surface area contributed by atoms with E-state index in [9.17, 15) is 13.2 Å². The molecule has 1 aromatic carbocycles. The number of fused-ring (bicyclic) bond motifs is 1. The molecule has 0 atom stereocenters. The van der Waals surface area contributed by atoms with Gasteiger partial charge in [0.1, 0.15) is 5.82 Å². The standard InChI is InChI=1S/C20H30N4O3S/c1-3-5-14-24-18-9-8-16(28(26,27)23-12-6-7-13-23)15-17(18)22-19(24)10-11-20(25)21-4-2/h8-9,15H,3-7,10-14H2,1-2H3,(H,21,25). The third kappa shape index (κ3) is 4.38. The Morgan fingerprint density at radius 1 is 1.21 bits per heavy atom. The highest BCUT2D eigenvalue weighted by atomic mass is 32.2. The molecule has 0 spiro atoms. The summed E-state index contributed by atoms with van der Waals surface area (Å²) in [4.78, 5) is 16.9. The van der Waals surface area contributed by atoms with E-state index >= 15 is 0 Å². The Bertz CT molecular complexity index is 930. The highest BCUT2D eigenvalue weighted by Crippen LogP contribution is 2.26. The summed E-state index contributed by atoms with van der Waals surface area (Å²) < 4.78 is 29.4. The molecule has 0 saturated carbocycles. The van der Waals surface area contributed by atoms with Gasteiger partial charge in [0.05, 0.1) is 15.9 Å². The third-order valence-corrected chi connectivity index (χ3v) is 7.08. The van der Waals surface area contributed by atoms with Crippen molar-refractivity contribution in [2.45, 2.75) is 63.8 Å². The van der Waals surface area contributed by atoms with Gasteiger partial charge in [0.2, 0.25) is 15.9 Å². The van der Waals surface area contributed by atoms with Crippen molar-refractivity contribution in [3.05, 3.63) is 24.0 Å². The molecule has 1 saturated heterocycles. The van der Waals surface area contributed by atoms with Crippen molar-refractivity contribution >= 4 is 27.0 Å². The molecule has 8 heteroatoms. The van der Waals surface area contributed by atoms with Crippen LogP contribution in [0, 0.1) is 0 Å². The van der Waals surface area contributed by atoms with Crippen LogP contribution >= 0.6 is 0 Å². The summed E-state index contributed by atoms with van der Waals surface area (Å²) in [6, 6.07) is 5.23. The molecule has 0 bridgehead atoms. The first-order valence-electron chi connectivity index (χ1n) is 10.2. The maximum Gasteiger partial charge on any atom is 0.243 e. The number of amides is 1. The first-order valence-corrected chi connectivity index (χ1v) is 11.7. The van der Waals surface area contributed by atoms with Gasteiger partial charge in [-0.25, -0.2) is 13.4 Å². The van der Waals surface area contributed by atoms with Gasteiger partial charge in [-0.15, -0.1) is 0 Å². The summed E-state index contributed by atoms with van der Waals surface area (Å²) in [5.74, 6) is 0.847. The third-order valence-electron chi connectivity index (χ3n) is 5.19. The van der Waals surface area contributed by atoms with E-state index < -0.39 is 10.0 Å². The predicted octanol–water partition coefficient (Wildman–Crippen LogP) is 2.69. The van der Waals surface area contributed by atoms with Gasteiger partial charge in [-0.05, 0) is 44.4 Å². The molecule has 1 aliphatic rings. The molecule has 0 aliphatic carbocycles. The van der Waals surface area contributed by atoms with Gasteiger partial charge in [0, 0.05) is 39.0 Å². The number of hydrogen-bond donors (Lipinski definition) is 1. The molecule has 154 valence electrons. The van der Waals surface area contributed by atoms with E-state index in [2.05, 4.69) is 16.8 Å². The fourth-order valence-corrected chi connectivity index (χ4v) is 5.20. The van der Waals surface area contributed by atoms with Crippen LogP contribution in [0.1, 0.15) is 51.8 Å². The highest BCUT2D eigenvalue weighted by Gasteiger charge is 2.27. The molecule has 1 N–H and O–H groups in total. The molecule has 0 unspecified atom stereocenters. The van der Waals surface area contributed by atoms with Crippen LogP contribution in [0.2, 0.25) is 0 Å². The molecule has 2 heterocycles. The number of benzene rings is 1. The molecular formula is C20H30N4O3S. The van der Waals surface area contributed by atoms with E-state index in [1.807, 2.05) is 13.0 Å². The lowest BCUT2D eigenvalue weighted by molar-refractivity contribution is -0.120. The molecule has 2 aromatic rings. The van der Waals surface area contributed by atoms with Crippen LogP contribution in [0.5, 0.6) is 0 Å². The minimum Gasteiger partial charge on any atom is -0.356 e. The summed E-state index contributed by atoms with van der Waals surface area (Å²) in [6.07, 6.45) is 4.80. The van der Waals surface area contributed by atoms with Crippen molar-refractivity contribution in [2.24, 2.45) is 0 Å². The number of aromatic nitrogens is 2. The summed E-state index contributed by atoms with van der Waals surface area (Å²) >= 11 is 0. The van der Waals surface area contributed by atoms with E-state index in [1.165, 1.54) is 0 Å². The van der Waals surface area contributed by atoms with Gasteiger partial charge >= 0.3 is 0 Å². The largest absolute Gasteiger partial charge is 0.356 e. The number of hydrogen-bond acceptors (Lipinski definition) is 4. The number of rotatable bonds is 9. The predicted molar refractivity (Wildman–Crippen MR) is 110 cm³/mol. The second-order valence-electron chi connectivity index (χ2n) is 7.25. The molecule has 1 aromatic heterocycles. The van der Waals surface area contributed by atoms with E-state index in [1.54, 1.807) is 16.4 Å². The van der Waals surface area contributed by atoms with Gasteiger partial charge in [-0.2, -0.15) is 4.31 Å². The summed E-state index contributed by atoms with van der Waals surface area (Å²) in [5.41, 5.74) is 1.61. The smallest absolute Gasteiger partial charge is 0.243 e. The summed E-state index contributed by atoms with van der Waals surface area (Å²) in [7, 11) is -3.46. The molecule has 1 fully saturated rings. The lowest BCUT2D eigenvalue weighted by Crippen LogP contribution is -2.27. The quantitative estimate of drug-likeness (QED) is 0.694. The van der Waals surface area contributed by atoms with E-state index in [4.69, 9.17) is 4.98 Å². The molecule has 1 amide bonds. The fraction of sp³-hybridized carbons (Fsp3) is 0.600. The van der Waals surface area contributed by atoms with Crippen molar-refractivity contribution in [3.63, 3.8) is 0 Å². The number of aryl methyl sites for hydroxylation is 2. The van der Waals surface area contributed by atoms with Crippen LogP contribution in [0.15, 0.2) is 23.1 Å². The number of imidazole rings is 1. The normalized spacial score (nSPS) is 15.4. The zero-order valence-corrected chi connectivity index (χ0v) is 17.6. The van der Waals surface area contributed by atoms with Crippen molar-refractivity contribution in [1.29, 1.82) is 0 Å². The minimum absolute atomic E-state index is 0.00824. The second-order valence-corrected chi connectivity index (χ2v) is 9.19. The second kappa shape index (κ2) is 9.05. The average Bonchev–Trinajstić information content (AvgIpc) is 3.33. The monoisotopic (exact) mass is 406 g/mol. The van der Waals surface area contributed by atoms with Crippen LogP contribution in [-0.4, -0.2) is 47.8 Å². The van der Waals surface area contributed by atoms with Gasteiger partial charge in [-0.1, -0.05) is 13.3 Å². The van der Waals surface area contributed by atoms with Gasteiger partial charge < -0.3 is 9.88 Å². The Morgan fingerprint density at radius 2 is 1.96 bits per heavy atom. The number of nitrogens with one attached hydrogen (secondary N) is 1. The molecule has 1 aliphatic heterocycles. The SMILES string of the molecule is CCCCn1c(CCC(=O)NCC)nc2cc(S(=O)(=O)N3CCCC3)ccc21. The van der Waals surface area contributed by atoms with Crippen LogP contribution < -0.4 is 5.32 Å². The summed E-state index contributed by atoms with van der Waals surface area (Å²) in [6.45, 7) is 6.63. The first kappa shape index (κ1) is 20.8. The minimum atomic E-state index is -3.46. The van der Waals surface area contributed by atoms with Gasteiger partial charge in [0.25, 0.3) is 0 Å². The number of unbranched alkanes of at least 4 members (excludes halogenated alkanes) is 1. The zero-order valence-electron chi connectivity index (χ0n) is 16.8. The Morgan fingerprint density at radius 3 is 2.64 bits per heavy atom. The zero-order chi connectivity index (χ0) is 20.1. The number of carbonyl (C=O) groups excluding carboxylic acids is 1. The number of nitrogens with zero attached hydrogens (tertiary/aromatic N) is 3. The van der Waals surface area contributed by atoms with Crippen molar-refractivity contribution in [3.8, 4) is 0 Å². The number of sulfonamides is 1. The van der Waals surface area contributed by atoms with Crippen LogP contribution in [0.4, 0.5) is 0 Å². The van der Waals surface area contributed by atoms with Crippen LogP contribution in [-0.2, 0) is 27.8 Å². The van der Waals surface area contributed by atoms with Crippen LogP contribution in [0.3, 0.4) is 0 Å². The Kier molecular flexibility index (Phi) is 6.72. The fourth-order valence-electron chi connectivity index (χ4n) is 3.66. The molecule has 7 nitrogen and oxygen atoms in total. The lowest BCUT2D eigenvalue weighted by atomic mass is 10.2. The maximum atomic E-state index is 12.9. The van der Waals surface area contributed by atoms with E-state index in [-0.39, 0.29) is 5.91 Å². The first-order chi connectivity index (χ1) is 13.5. The van der Waals surface area contributed by atoms with Crippen molar-refractivity contribution < 1.29 is 13.2 Å². The Labute approximate surface area is 167 Å². The average molecular weight is 407 g/mol. The van der Waals surface area contributed by atoms with Crippen molar-refractivity contribution in [2.75, 3.05) is 19.6 Å². The van der Waals surface area contributed by atoms with Gasteiger partial charge in [0.15, 0.2) is 0 Å². The molecule has 28 heavy (non-hydrogen) atoms. The van der Waals surface area contributed by atoms with Crippen LogP contribution in [0.25, 0.3) is 11.0 Å². The number of carbonyl (C=O) groups is 1. The molecular weight excluding hydrogens is 376 g/mol. The maximum absolute atomic E-state index is 12.9. The topological polar surface area (TPSA) is 84.3 Å². The Hall–Kier alpha value is -1.93. The molecule has 3 rings (SSSR count). The van der Waals surface area contributed by atoms with E-state index in [0.717, 1.165) is 43.6 Å². The van der Waals surface area contributed by atoms with E-state index in [0.29, 0.717) is 42.9 Å². The van der Waals surface area contributed by atoms with Crippen molar-refractivity contribution in [1.82, 2.24) is 19.2 Å². The van der Waals surface area contributed by atoms with Gasteiger partial charge in [-0.3, -0.25) is 4.79 Å².